The highest BCUT2D eigenvalue weighted by molar-refractivity contribution is 6.28. The maximum Gasteiger partial charge on any atom is 0.416 e. The second kappa shape index (κ2) is 12.8. The first-order valence-electron chi connectivity index (χ1n) is 13.9. The smallest absolute Gasteiger partial charge is 0.416 e. The van der Waals surface area contributed by atoms with Crippen LogP contribution in [0.1, 0.15) is 29.7 Å². The number of benzene rings is 1. The minimum Gasteiger partial charge on any atom is -0.450 e. The van der Waals surface area contributed by atoms with Crippen LogP contribution < -0.4 is 10.2 Å². The fourth-order valence-corrected chi connectivity index (χ4v) is 5.85. The van der Waals surface area contributed by atoms with Gasteiger partial charge >= 0.3 is 6.18 Å². The van der Waals surface area contributed by atoms with Gasteiger partial charge in [-0.05, 0) is 48.2 Å². The molecule has 2 aliphatic rings. The van der Waals surface area contributed by atoms with E-state index in [1.165, 1.54) is 12.1 Å². The summed E-state index contributed by atoms with van der Waals surface area (Å²) in [7, 11) is 0. The van der Waals surface area contributed by atoms with Crippen LogP contribution in [-0.2, 0) is 22.8 Å². The van der Waals surface area contributed by atoms with Gasteiger partial charge in [-0.2, -0.15) is 13.2 Å². The van der Waals surface area contributed by atoms with Crippen LogP contribution in [0.4, 0.5) is 19.0 Å². The Morgan fingerprint density at radius 3 is 2.49 bits per heavy atom. The van der Waals surface area contributed by atoms with Crippen molar-refractivity contribution >= 4 is 23.3 Å². The molecule has 0 saturated carbocycles. The summed E-state index contributed by atoms with van der Waals surface area (Å²) < 4.78 is 46.1. The van der Waals surface area contributed by atoms with Crippen molar-refractivity contribution in [2.75, 3.05) is 63.8 Å². The standard InChI is InChI=1S/C29H34ClF3N6O2/c30-25-5-4-24(41-25)6-9-35-21-28(22-2-1-3-23(18-22)29(31,32)33)7-12-39(13-8-28)27(40)20-37-14-16-38(17-15-37)26-19-34-10-11-36-26/h1-5,10-11,18-19,35H,6-9,12-17,20-21H2. The molecule has 0 aliphatic carbocycles. The van der Waals surface area contributed by atoms with Crippen LogP contribution >= 0.6 is 11.6 Å². The number of hydrogen-bond acceptors (Lipinski definition) is 7. The van der Waals surface area contributed by atoms with E-state index in [0.717, 1.165) is 43.8 Å². The lowest BCUT2D eigenvalue weighted by Crippen LogP contribution is -2.53. The van der Waals surface area contributed by atoms with Crippen molar-refractivity contribution in [2.45, 2.75) is 30.9 Å². The van der Waals surface area contributed by atoms with Crippen LogP contribution in [-0.4, -0.2) is 84.6 Å². The molecule has 1 N–H and O–H groups in total. The van der Waals surface area contributed by atoms with Gasteiger partial charge in [0.05, 0.1) is 18.3 Å². The molecule has 2 fully saturated rings. The van der Waals surface area contributed by atoms with Gasteiger partial charge in [-0.25, -0.2) is 4.98 Å². The van der Waals surface area contributed by atoms with Gasteiger partial charge in [-0.1, -0.05) is 18.2 Å². The van der Waals surface area contributed by atoms with Gasteiger partial charge < -0.3 is 19.5 Å². The number of piperidine rings is 1. The first-order chi connectivity index (χ1) is 19.7. The summed E-state index contributed by atoms with van der Waals surface area (Å²) in [5.74, 6) is 1.63. The van der Waals surface area contributed by atoms with Crippen LogP contribution in [0.3, 0.4) is 0 Å². The first-order valence-corrected chi connectivity index (χ1v) is 14.2. The van der Waals surface area contributed by atoms with Crippen LogP contribution in [0.2, 0.25) is 5.22 Å². The Morgan fingerprint density at radius 1 is 1.05 bits per heavy atom. The summed E-state index contributed by atoms with van der Waals surface area (Å²) in [6.45, 7) is 5.41. The van der Waals surface area contributed by atoms with Gasteiger partial charge in [0.1, 0.15) is 11.6 Å². The Labute approximate surface area is 242 Å². The van der Waals surface area contributed by atoms with Gasteiger partial charge in [0.25, 0.3) is 0 Å². The quantitative estimate of drug-likeness (QED) is 0.373. The molecule has 12 heteroatoms. The molecule has 3 aromatic rings. The third-order valence-electron chi connectivity index (χ3n) is 8.12. The second-order valence-corrected chi connectivity index (χ2v) is 11.1. The van der Waals surface area contributed by atoms with Crippen molar-refractivity contribution in [3.05, 3.63) is 77.1 Å². The molecule has 0 atom stereocenters. The number of carbonyl (C=O) groups excluding carboxylic acids is 1. The molecular weight excluding hydrogens is 557 g/mol. The van der Waals surface area contributed by atoms with Crippen molar-refractivity contribution in [1.29, 1.82) is 0 Å². The summed E-state index contributed by atoms with van der Waals surface area (Å²) in [6.07, 6.45) is 2.39. The van der Waals surface area contributed by atoms with Crippen molar-refractivity contribution in [3.8, 4) is 0 Å². The van der Waals surface area contributed by atoms with E-state index < -0.39 is 17.2 Å². The number of carbonyl (C=O) groups is 1. The van der Waals surface area contributed by atoms with E-state index in [1.54, 1.807) is 30.7 Å². The molecule has 0 bridgehead atoms. The van der Waals surface area contributed by atoms with E-state index in [0.29, 0.717) is 62.8 Å². The summed E-state index contributed by atoms with van der Waals surface area (Å²) in [6, 6.07) is 9.12. The zero-order valence-electron chi connectivity index (χ0n) is 22.7. The molecule has 1 amide bonds. The lowest BCUT2D eigenvalue weighted by atomic mass is 9.72. The SMILES string of the molecule is O=C(CN1CCN(c2cnccn2)CC1)N1CCC(CNCCc2ccc(Cl)o2)(c2cccc(C(F)(F)F)c2)CC1. The van der Waals surface area contributed by atoms with Gasteiger partial charge in [0, 0.05) is 76.6 Å². The maximum atomic E-state index is 13.6. The average Bonchev–Trinajstić information content (AvgIpc) is 3.41. The fourth-order valence-electron chi connectivity index (χ4n) is 5.68. The molecule has 5 rings (SSSR count). The zero-order chi connectivity index (χ0) is 28.9. The molecule has 2 aromatic heterocycles. The number of halogens is 4. The van der Waals surface area contributed by atoms with Gasteiger partial charge in [-0.3, -0.25) is 14.7 Å². The zero-order valence-corrected chi connectivity index (χ0v) is 23.5. The summed E-state index contributed by atoms with van der Waals surface area (Å²) in [4.78, 5) is 27.9. The van der Waals surface area contributed by atoms with E-state index in [-0.39, 0.29) is 5.91 Å². The third kappa shape index (κ3) is 7.38. The fraction of sp³-hybridized carbons (Fsp3) is 0.483. The van der Waals surface area contributed by atoms with Crippen molar-refractivity contribution in [2.24, 2.45) is 0 Å². The molecule has 0 spiro atoms. The summed E-state index contributed by atoms with van der Waals surface area (Å²) in [5, 5.41) is 3.75. The van der Waals surface area contributed by atoms with Crippen molar-refractivity contribution in [1.82, 2.24) is 25.1 Å². The van der Waals surface area contributed by atoms with Crippen LogP contribution in [0.5, 0.6) is 0 Å². The van der Waals surface area contributed by atoms with Crippen LogP contribution in [0.15, 0.2) is 59.4 Å². The molecule has 1 aromatic carbocycles. The Morgan fingerprint density at radius 2 is 1.83 bits per heavy atom. The van der Waals surface area contributed by atoms with E-state index in [4.69, 9.17) is 16.0 Å². The number of piperazine rings is 1. The molecular formula is C29H34ClF3N6O2. The van der Waals surface area contributed by atoms with E-state index in [2.05, 4.69) is 25.1 Å². The number of nitrogens with zero attached hydrogens (tertiary/aromatic N) is 5. The summed E-state index contributed by atoms with van der Waals surface area (Å²) >= 11 is 5.86. The first kappa shape index (κ1) is 29.3. The topological polar surface area (TPSA) is 77.7 Å². The number of likely N-dealkylation sites (tertiary alicyclic amines) is 1. The lowest BCUT2D eigenvalue weighted by Gasteiger charge is -2.43. The predicted molar refractivity (Wildman–Crippen MR) is 150 cm³/mol. The highest BCUT2D eigenvalue weighted by Crippen LogP contribution is 2.38. The number of rotatable bonds is 9. The number of anilines is 1. The largest absolute Gasteiger partial charge is 0.450 e. The van der Waals surface area contributed by atoms with Gasteiger partial charge in [0.2, 0.25) is 5.91 Å². The predicted octanol–water partition coefficient (Wildman–Crippen LogP) is 4.26. The molecule has 4 heterocycles. The van der Waals surface area contributed by atoms with Crippen LogP contribution in [0, 0.1) is 0 Å². The molecule has 220 valence electrons. The Kier molecular flexibility index (Phi) is 9.16. The lowest BCUT2D eigenvalue weighted by molar-refractivity contribution is -0.137. The highest BCUT2D eigenvalue weighted by Gasteiger charge is 2.39. The average molecular weight is 591 g/mol. The maximum absolute atomic E-state index is 13.6. The normalized spacial score (nSPS) is 18.0. The Bertz CT molecular complexity index is 1290. The van der Waals surface area contributed by atoms with Crippen LogP contribution in [0.25, 0.3) is 0 Å². The molecule has 0 radical (unpaired) electrons. The number of alkyl halides is 3. The van der Waals surface area contributed by atoms with Crippen molar-refractivity contribution in [3.63, 3.8) is 0 Å². The van der Waals surface area contributed by atoms with E-state index in [9.17, 15) is 18.0 Å². The molecule has 8 nitrogen and oxygen atoms in total. The minimum absolute atomic E-state index is 0.0539. The number of amides is 1. The number of aromatic nitrogens is 2. The molecule has 0 unspecified atom stereocenters. The Hall–Kier alpha value is -3.15. The highest BCUT2D eigenvalue weighted by atomic mass is 35.5. The van der Waals surface area contributed by atoms with E-state index >= 15 is 0 Å². The molecule has 2 aliphatic heterocycles. The van der Waals surface area contributed by atoms with Crippen molar-refractivity contribution < 1.29 is 22.4 Å². The second-order valence-electron chi connectivity index (χ2n) is 10.7. The number of furan rings is 1. The number of hydrogen-bond donors (Lipinski definition) is 1. The monoisotopic (exact) mass is 590 g/mol. The summed E-state index contributed by atoms with van der Waals surface area (Å²) in [5.41, 5.74) is -0.534. The molecule has 2 saturated heterocycles. The van der Waals surface area contributed by atoms with Gasteiger partial charge in [0.15, 0.2) is 5.22 Å². The third-order valence-corrected chi connectivity index (χ3v) is 8.32. The Balaban J connectivity index is 1.19. The van der Waals surface area contributed by atoms with E-state index in [1.807, 2.05) is 11.0 Å². The number of nitrogens with one attached hydrogen (secondary N) is 1. The van der Waals surface area contributed by atoms with Gasteiger partial charge in [-0.15, -0.1) is 0 Å². The minimum atomic E-state index is -4.42. The molecule has 41 heavy (non-hydrogen) atoms.